The number of nitrogens with one attached hydrogen (secondary N) is 2. The molecule has 4 nitrogen and oxygen atoms in total. The van der Waals surface area contributed by atoms with Crippen LogP contribution in [0.2, 0.25) is 0 Å². The lowest BCUT2D eigenvalue weighted by atomic mass is 9.80. The highest BCUT2D eigenvalue weighted by atomic mass is 16.5. The van der Waals surface area contributed by atoms with Crippen molar-refractivity contribution in [2.24, 2.45) is 11.8 Å². The van der Waals surface area contributed by atoms with Crippen LogP contribution in [-0.2, 0) is 4.79 Å². The molecule has 0 spiro atoms. The topological polar surface area (TPSA) is 50.4 Å². The molecule has 1 aliphatic rings. The molecule has 1 fully saturated rings. The minimum absolute atomic E-state index is 0.0639. The Morgan fingerprint density at radius 3 is 2.43 bits per heavy atom. The van der Waals surface area contributed by atoms with E-state index in [9.17, 15) is 4.79 Å². The maximum absolute atomic E-state index is 11.2. The fraction of sp³-hybridized carbons (Fsp3) is 0.588. The van der Waals surface area contributed by atoms with Crippen molar-refractivity contribution in [3.8, 4) is 5.75 Å². The molecule has 116 valence electrons. The van der Waals surface area contributed by atoms with Gasteiger partial charge in [0.1, 0.15) is 5.75 Å². The molecule has 0 aromatic heterocycles. The number of hydrogen-bond donors (Lipinski definition) is 2. The second-order valence-electron chi connectivity index (χ2n) is 6.35. The fourth-order valence-electron chi connectivity index (χ4n) is 3.39. The number of hydrogen-bond acceptors (Lipinski definition) is 3. The van der Waals surface area contributed by atoms with Crippen molar-refractivity contribution in [2.45, 2.75) is 46.1 Å². The highest BCUT2D eigenvalue weighted by Crippen LogP contribution is 2.34. The zero-order valence-electron chi connectivity index (χ0n) is 13.4. The SMILES string of the molecule is COc1ccc(NC(C)=O)cc1NC1CC(C)CC(C)C1. The van der Waals surface area contributed by atoms with Crippen LogP contribution in [0.1, 0.15) is 40.0 Å². The maximum atomic E-state index is 11.2. The van der Waals surface area contributed by atoms with Gasteiger partial charge in [-0.2, -0.15) is 0 Å². The Labute approximate surface area is 127 Å². The van der Waals surface area contributed by atoms with Gasteiger partial charge in [0.2, 0.25) is 5.91 Å². The van der Waals surface area contributed by atoms with Gasteiger partial charge in [0.15, 0.2) is 0 Å². The molecule has 1 amide bonds. The Kier molecular flexibility index (Phi) is 5.10. The summed E-state index contributed by atoms with van der Waals surface area (Å²) >= 11 is 0. The number of carbonyl (C=O) groups excluding carboxylic acids is 1. The zero-order valence-corrected chi connectivity index (χ0v) is 13.4. The van der Waals surface area contributed by atoms with Crippen molar-refractivity contribution < 1.29 is 9.53 Å². The van der Waals surface area contributed by atoms with Crippen molar-refractivity contribution in [2.75, 3.05) is 17.7 Å². The summed E-state index contributed by atoms with van der Waals surface area (Å²) in [6.45, 7) is 6.15. The molecule has 21 heavy (non-hydrogen) atoms. The first-order valence-corrected chi connectivity index (χ1v) is 7.70. The van der Waals surface area contributed by atoms with Gasteiger partial charge in [0.25, 0.3) is 0 Å². The molecule has 1 aromatic rings. The third-order valence-electron chi connectivity index (χ3n) is 4.06. The maximum Gasteiger partial charge on any atom is 0.221 e. The Hall–Kier alpha value is -1.71. The van der Waals surface area contributed by atoms with Gasteiger partial charge in [-0.1, -0.05) is 13.8 Å². The van der Waals surface area contributed by atoms with E-state index in [0.717, 1.165) is 29.0 Å². The predicted octanol–water partition coefficient (Wildman–Crippen LogP) is 3.89. The summed E-state index contributed by atoms with van der Waals surface area (Å²) in [5, 5.41) is 6.42. The van der Waals surface area contributed by atoms with Gasteiger partial charge >= 0.3 is 0 Å². The zero-order chi connectivity index (χ0) is 15.4. The summed E-state index contributed by atoms with van der Waals surface area (Å²) in [5.41, 5.74) is 1.75. The molecular formula is C17H26N2O2. The lowest BCUT2D eigenvalue weighted by Gasteiger charge is -2.33. The number of rotatable bonds is 4. The first kappa shape index (κ1) is 15.7. The van der Waals surface area contributed by atoms with Crippen molar-refractivity contribution in [3.63, 3.8) is 0 Å². The van der Waals surface area contributed by atoms with Crippen molar-refractivity contribution in [3.05, 3.63) is 18.2 Å². The molecule has 2 atom stereocenters. The smallest absolute Gasteiger partial charge is 0.221 e. The van der Waals surface area contributed by atoms with Crippen LogP contribution in [0.25, 0.3) is 0 Å². The van der Waals surface area contributed by atoms with E-state index in [0.29, 0.717) is 6.04 Å². The third-order valence-corrected chi connectivity index (χ3v) is 4.06. The van der Waals surface area contributed by atoms with Crippen LogP contribution in [-0.4, -0.2) is 19.1 Å². The summed E-state index contributed by atoms with van der Waals surface area (Å²) in [5.74, 6) is 2.24. The predicted molar refractivity (Wildman–Crippen MR) is 86.9 cm³/mol. The number of carbonyl (C=O) groups is 1. The summed E-state index contributed by atoms with van der Waals surface area (Å²) in [6, 6.07) is 6.16. The van der Waals surface area contributed by atoms with E-state index in [2.05, 4.69) is 24.5 Å². The molecule has 4 heteroatoms. The van der Waals surface area contributed by atoms with Gasteiger partial charge in [0, 0.05) is 18.7 Å². The molecule has 0 aliphatic heterocycles. The van der Waals surface area contributed by atoms with E-state index in [1.807, 2.05) is 18.2 Å². The lowest BCUT2D eigenvalue weighted by Crippen LogP contribution is -2.30. The average Bonchev–Trinajstić information content (AvgIpc) is 2.37. The monoisotopic (exact) mass is 290 g/mol. The van der Waals surface area contributed by atoms with Crippen LogP contribution >= 0.6 is 0 Å². The fourth-order valence-corrected chi connectivity index (χ4v) is 3.39. The van der Waals surface area contributed by atoms with Gasteiger partial charge in [-0.3, -0.25) is 4.79 Å². The van der Waals surface area contributed by atoms with Crippen LogP contribution in [0.4, 0.5) is 11.4 Å². The minimum Gasteiger partial charge on any atom is -0.495 e. The second-order valence-corrected chi connectivity index (χ2v) is 6.35. The number of anilines is 2. The second kappa shape index (κ2) is 6.83. The molecule has 0 radical (unpaired) electrons. The highest BCUT2D eigenvalue weighted by Gasteiger charge is 2.24. The van der Waals surface area contributed by atoms with E-state index in [1.54, 1.807) is 7.11 Å². The van der Waals surface area contributed by atoms with Crippen LogP contribution in [0.5, 0.6) is 5.75 Å². The quantitative estimate of drug-likeness (QED) is 0.884. The summed E-state index contributed by atoms with van der Waals surface area (Å²) in [7, 11) is 1.67. The Bertz CT molecular complexity index is 492. The van der Waals surface area contributed by atoms with Gasteiger partial charge in [0.05, 0.1) is 12.8 Å². The largest absolute Gasteiger partial charge is 0.495 e. The first-order valence-electron chi connectivity index (χ1n) is 7.70. The number of benzene rings is 1. The van der Waals surface area contributed by atoms with Crippen LogP contribution in [0.3, 0.4) is 0 Å². The van der Waals surface area contributed by atoms with Gasteiger partial charge in [-0.15, -0.1) is 0 Å². The molecular weight excluding hydrogens is 264 g/mol. The lowest BCUT2D eigenvalue weighted by molar-refractivity contribution is -0.114. The molecule has 2 N–H and O–H groups in total. The van der Waals surface area contributed by atoms with Crippen LogP contribution < -0.4 is 15.4 Å². The molecule has 1 aromatic carbocycles. The molecule has 1 aliphatic carbocycles. The molecule has 1 saturated carbocycles. The van der Waals surface area contributed by atoms with E-state index >= 15 is 0 Å². The van der Waals surface area contributed by atoms with E-state index in [-0.39, 0.29) is 5.91 Å². The molecule has 2 unspecified atom stereocenters. The Morgan fingerprint density at radius 2 is 1.86 bits per heavy atom. The average molecular weight is 290 g/mol. The molecule has 2 rings (SSSR count). The van der Waals surface area contributed by atoms with Crippen LogP contribution in [0, 0.1) is 11.8 Å². The standard InChI is InChI=1S/C17H26N2O2/c1-11-7-12(2)9-15(8-11)19-16-10-14(18-13(3)20)5-6-17(16)21-4/h5-6,10-12,15,19H,7-9H2,1-4H3,(H,18,20). The highest BCUT2D eigenvalue weighted by molar-refractivity contribution is 5.89. The summed E-state index contributed by atoms with van der Waals surface area (Å²) in [6.07, 6.45) is 3.66. The van der Waals surface area contributed by atoms with Gasteiger partial charge in [-0.05, 0) is 49.3 Å². The van der Waals surface area contributed by atoms with Crippen molar-refractivity contribution in [1.82, 2.24) is 0 Å². The Morgan fingerprint density at radius 1 is 1.19 bits per heavy atom. The van der Waals surface area contributed by atoms with E-state index < -0.39 is 0 Å². The minimum atomic E-state index is -0.0639. The summed E-state index contributed by atoms with van der Waals surface area (Å²) in [4.78, 5) is 11.2. The molecule has 0 heterocycles. The van der Waals surface area contributed by atoms with Gasteiger partial charge in [-0.25, -0.2) is 0 Å². The number of amides is 1. The van der Waals surface area contributed by atoms with E-state index in [4.69, 9.17) is 4.74 Å². The van der Waals surface area contributed by atoms with Crippen LogP contribution in [0.15, 0.2) is 18.2 Å². The third kappa shape index (κ3) is 4.38. The number of ether oxygens (including phenoxy) is 1. The number of methoxy groups -OCH3 is 1. The summed E-state index contributed by atoms with van der Waals surface area (Å²) < 4.78 is 5.43. The molecule has 0 saturated heterocycles. The molecule has 0 bridgehead atoms. The van der Waals surface area contributed by atoms with Crippen molar-refractivity contribution in [1.29, 1.82) is 0 Å². The van der Waals surface area contributed by atoms with Gasteiger partial charge < -0.3 is 15.4 Å². The normalized spacial score (nSPS) is 25.2. The van der Waals surface area contributed by atoms with E-state index in [1.165, 1.54) is 26.2 Å². The first-order chi connectivity index (χ1) is 9.97. The Balaban J connectivity index is 2.14. The van der Waals surface area contributed by atoms with Crippen molar-refractivity contribution >= 4 is 17.3 Å².